The number of aliphatic hydroxyl groups is 1. The fourth-order valence-electron chi connectivity index (χ4n) is 3.80. The van der Waals surface area contributed by atoms with Crippen molar-refractivity contribution in [2.24, 2.45) is 5.92 Å². The average molecular weight is 304 g/mol. The van der Waals surface area contributed by atoms with E-state index in [0.29, 0.717) is 12.5 Å². The molecular formula is C18H24O2S. The van der Waals surface area contributed by atoms with E-state index >= 15 is 0 Å². The number of benzene rings is 1. The smallest absolute Gasteiger partial charge is 0.109 e. The second-order valence-corrected chi connectivity index (χ2v) is 7.20. The number of fused-ring (bicyclic) bond motifs is 1. The van der Waals surface area contributed by atoms with E-state index in [1.165, 1.54) is 16.5 Å². The summed E-state index contributed by atoms with van der Waals surface area (Å²) >= 11 is 1.71. The lowest BCUT2D eigenvalue weighted by molar-refractivity contribution is -0.149. The van der Waals surface area contributed by atoms with Gasteiger partial charge >= 0.3 is 0 Å². The number of hydrogen-bond acceptors (Lipinski definition) is 3. The molecule has 0 bridgehead atoms. The zero-order valence-electron chi connectivity index (χ0n) is 12.8. The Bertz CT molecular complexity index is 602. The van der Waals surface area contributed by atoms with Crippen LogP contribution in [0.1, 0.15) is 51.2 Å². The summed E-state index contributed by atoms with van der Waals surface area (Å²) in [6.45, 7) is 4.95. The zero-order valence-corrected chi connectivity index (χ0v) is 13.7. The molecule has 3 atom stereocenters. The minimum absolute atomic E-state index is 0.412. The van der Waals surface area contributed by atoms with Gasteiger partial charge in [0.1, 0.15) is 6.10 Å². The molecule has 114 valence electrons. The van der Waals surface area contributed by atoms with Crippen molar-refractivity contribution in [1.29, 1.82) is 0 Å². The molecule has 3 heteroatoms. The van der Waals surface area contributed by atoms with E-state index in [2.05, 4.69) is 30.5 Å². The Labute approximate surface area is 130 Å². The minimum Gasteiger partial charge on any atom is -0.385 e. The lowest BCUT2D eigenvalue weighted by atomic mass is 9.74. The van der Waals surface area contributed by atoms with Crippen molar-refractivity contribution in [2.45, 2.75) is 51.2 Å². The first kappa shape index (κ1) is 15.0. The Morgan fingerprint density at radius 2 is 2.29 bits per heavy atom. The van der Waals surface area contributed by atoms with Crippen molar-refractivity contribution in [1.82, 2.24) is 0 Å². The molecule has 21 heavy (non-hydrogen) atoms. The fraction of sp³-hybridized carbons (Fsp3) is 0.556. The van der Waals surface area contributed by atoms with Crippen LogP contribution >= 0.6 is 11.3 Å². The van der Waals surface area contributed by atoms with E-state index in [0.717, 1.165) is 24.8 Å². The van der Waals surface area contributed by atoms with Crippen LogP contribution in [0.15, 0.2) is 29.6 Å². The van der Waals surface area contributed by atoms with Gasteiger partial charge in [0, 0.05) is 16.9 Å². The van der Waals surface area contributed by atoms with Gasteiger partial charge in [0.25, 0.3) is 0 Å². The van der Waals surface area contributed by atoms with Crippen LogP contribution in [0, 0.1) is 5.92 Å². The molecule has 3 rings (SSSR count). The van der Waals surface area contributed by atoms with Gasteiger partial charge in [-0.1, -0.05) is 38.0 Å². The summed E-state index contributed by atoms with van der Waals surface area (Å²) in [7, 11) is 0. The SMILES string of the molecule is CCOC1(C(O)c2cccc3ccsc23)CCCC(C)C1. The summed E-state index contributed by atoms with van der Waals surface area (Å²) in [5, 5.41) is 14.5. The van der Waals surface area contributed by atoms with E-state index in [1.54, 1.807) is 11.3 Å². The summed E-state index contributed by atoms with van der Waals surface area (Å²) in [5.41, 5.74) is 0.620. The van der Waals surface area contributed by atoms with Crippen LogP contribution in [0.25, 0.3) is 10.1 Å². The van der Waals surface area contributed by atoms with Crippen molar-refractivity contribution >= 4 is 21.4 Å². The molecule has 0 saturated heterocycles. The van der Waals surface area contributed by atoms with E-state index in [-0.39, 0.29) is 0 Å². The van der Waals surface area contributed by atoms with Crippen molar-refractivity contribution in [3.8, 4) is 0 Å². The summed E-state index contributed by atoms with van der Waals surface area (Å²) in [6, 6.07) is 8.33. The molecule has 1 saturated carbocycles. The molecule has 2 nitrogen and oxygen atoms in total. The molecule has 1 heterocycles. The van der Waals surface area contributed by atoms with Gasteiger partial charge in [-0.15, -0.1) is 11.3 Å². The molecular weight excluding hydrogens is 280 g/mol. The monoisotopic (exact) mass is 304 g/mol. The standard InChI is InChI=1S/C18H24O2S/c1-3-20-18(10-5-6-13(2)12-18)17(19)15-8-4-7-14-9-11-21-16(14)15/h4,7-9,11,13,17,19H,3,5-6,10,12H2,1-2H3. The summed E-state index contributed by atoms with van der Waals surface area (Å²) < 4.78 is 7.33. The van der Waals surface area contributed by atoms with Crippen LogP contribution in [0.2, 0.25) is 0 Å². The number of ether oxygens (including phenoxy) is 1. The van der Waals surface area contributed by atoms with Crippen molar-refractivity contribution in [2.75, 3.05) is 6.61 Å². The largest absolute Gasteiger partial charge is 0.385 e. The third-order valence-corrected chi connectivity index (χ3v) is 5.70. The van der Waals surface area contributed by atoms with Gasteiger partial charge in [0.05, 0.1) is 5.60 Å². The van der Waals surface area contributed by atoms with Gasteiger partial charge in [-0.2, -0.15) is 0 Å². The average Bonchev–Trinajstić information content (AvgIpc) is 2.95. The van der Waals surface area contributed by atoms with E-state index in [4.69, 9.17) is 4.74 Å². The van der Waals surface area contributed by atoms with Crippen LogP contribution in [-0.2, 0) is 4.74 Å². The predicted molar refractivity (Wildman–Crippen MR) is 88.8 cm³/mol. The minimum atomic E-state index is -0.539. The van der Waals surface area contributed by atoms with E-state index in [9.17, 15) is 5.11 Å². The second kappa shape index (κ2) is 6.07. The van der Waals surface area contributed by atoms with Gasteiger partial charge in [-0.3, -0.25) is 0 Å². The zero-order chi connectivity index (χ0) is 14.9. The molecule has 1 fully saturated rings. The Morgan fingerprint density at radius 3 is 3.05 bits per heavy atom. The topological polar surface area (TPSA) is 29.5 Å². The molecule has 1 aromatic heterocycles. The quantitative estimate of drug-likeness (QED) is 0.868. The van der Waals surface area contributed by atoms with Crippen LogP contribution in [0.3, 0.4) is 0 Å². The Hall–Kier alpha value is -0.900. The third kappa shape index (κ3) is 2.75. The highest BCUT2D eigenvalue weighted by Gasteiger charge is 2.43. The third-order valence-electron chi connectivity index (χ3n) is 4.73. The maximum atomic E-state index is 11.1. The maximum Gasteiger partial charge on any atom is 0.109 e. The molecule has 1 aromatic carbocycles. The lowest BCUT2D eigenvalue weighted by Gasteiger charge is -2.43. The van der Waals surface area contributed by atoms with Gasteiger partial charge in [-0.05, 0) is 42.5 Å². The van der Waals surface area contributed by atoms with Crippen LogP contribution in [-0.4, -0.2) is 17.3 Å². The summed E-state index contributed by atoms with van der Waals surface area (Å²) in [6.07, 6.45) is 3.74. The van der Waals surface area contributed by atoms with Crippen molar-refractivity contribution in [3.63, 3.8) is 0 Å². The van der Waals surface area contributed by atoms with E-state index < -0.39 is 11.7 Å². The second-order valence-electron chi connectivity index (χ2n) is 6.29. The van der Waals surface area contributed by atoms with Crippen LogP contribution < -0.4 is 0 Å². The first-order valence-corrected chi connectivity index (χ1v) is 8.82. The summed E-state index contributed by atoms with van der Waals surface area (Å²) in [4.78, 5) is 0. The molecule has 3 unspecified atom stereocenters. The van der Waals surface area contributed by atoms with Crippen LogP contribution in [0.4, 0.5) is 0 Å². The highest BCUT2D eigenvalue weighted by atomic mass is 32.1. The molecule has 1 aliphatic rings. The molecule has 0 amide bonds. The first-order chi connectivity index (χ1) is 10.2. The van der Waals surface area contributed by atoms with Gasteiger partial charge in [0.2, 0.25) is 0 Å². The molecule has 2 aromatic rings. The molecule has 1 aliphatic carbocycles. The van der Waals surface area contributed by atoms with E-state index in [1.807, 2.05) is 13.0 Å². The lowest BCUT2D eigenvalue weighted by Crippen LogP contribution is -2.43. The number of hydrogen-bond donors (Lipinski definition) is 1. The number of thiophene rings is 1. The highest BCUT2D eigenvalue weighted by molar-refractivity contribution is 7.17. The van der Waals surface area contributed by atoms with Gasteiger partial charge in [0.15, 0.2) is 0 Å². The van der Waals surface area contributed by atoms with Crippen LogP contribution in [0.5, 0.6) is 0 Å². The number of aliphatic hydroxyl groups excluding tert-OH is 1. The number of rotatable bonds is 4. The molecule has 0 aliphatic heterocycles. The Balaban J connectivity index is 2.01. The molecule has 0 radical (unpaired) electrons. The predicted octanol–water partition coefficient (Wildman–Crippen LogP) is 4.92. The Kier molecular flexibility index (Phi) is 4.34. The van der Waals surface area contributed by atoms with Gasteiger partial charge < -0.3 is 9.84 Å². The maximum absolute atomic E-state index is 11.1. The van der Waals surface area contributed by atoms with Crippen molar-refractivity contribution < 1.29 is 9.84 Å². The fourth-order valence-corrected chi connectivity index (χ4v) is 4.74. The molecule has 0 spiro atoms. The first-order valence-electron chi connectivity index (χ1n) is 7.94. The van der Waals surface area contributed by atoms with Crippen molar-refractivity contribution in [3.05, 3.63) is 35.2 Å². The summed E-state index contributed by atoms with van der Waals surface area (Å²) in [5.74, 6) is 0.613. The van der Waals surface area contributed by atoms with Gasteiger partial charge in [-0.25, -0.2) is 0 Å². The highest BCUT2D eigenvalue weighted by Crippen LogP contribution is 2.45. The molecule has 1 N–H and O–H groups in total. The Morgan fingerprint density at radius 1 is 1.43 bits per heavy atom. The normalized spacial score (nSPS) is 27.9.